The quantitative estimate of drug-likeness (QED) is 0.867. The van der Waals surface area contributed by atoms with Crippen molar-refractivity contribution in [3.8, 4) is 0 Å². The molecule has 1 heterocycles. The Morgan fingerprint density at radius 1 is 1.53 bits per heavy atom. The molecule has 1 aromatic heterocycles. The third kappa shape index (κ3) is 3.13. The predicted octanol–water partition coefficient (Wildman–Crippen LogP) is 1.20. The van der Waals surface area contributed by atoms with E-state index in [0.717, 1.165) is 0 Å². The fourth-order valence-corrected chi connectivity index (χ4v) is 1.61. The molecule has 0 bridgehead atoms. The van der Waals surface area contributed by atoms with Crippen LogP contribution in [0.2, 0.25) is 0 Å². The Morgan fingerprint density at radius 2 is 2.11 bits per heavy atom. The smallest absolute Gasteiger partial charge is 0.328 e. The van der Waals surface area contributed by atoms with Gasteiger partial charge >= 0.3 is 5.97 Å². The maximum absolute atomic E-state index is 12.3. The Bertz CT molecular complexity index is 520. The first-order valence-corrected chi connectivity index (χ1v) is 6.20. The summed E-state index contributed by atoms with van der Waals surface area (Å²) in [7, 11) is 1.57. The lowest BCUT2D eigenvalue weighted by atomic mass is 10.0. The molecule has 0 radical (unpaired) electrons. The maximum Gasteiger partial charge on any atom is 0.328 e. The van der Waals surface area contributed by atoms with E-state index >= 15 is 0 Å². The number of hydrogen-bond acceptors (Lipinski definition) is 4. The molecular formula is C13H21N3O3. The highest BCUT2D eigenvalue weighted by atomic mass is 16.4. The Balaban J connectivity index is 3.22. The number of anilines is 1. The zero-order valence-corrected chi connectivity index (χ0v) is 12.0. The van der Waals surface area contributed by atoms with Gasteiger partial charge in [-0.2, -0.15) is 0 Å². The second-order valence-corrected chi connectivity index (χ2v) is 5.53. The van der Waals surface area contributed by atoms with Crippen molar-refractivity contribution in [2.75, 3.05) is 11.9 Å². The number of aliphatic carboxylic acids is 1. The minimum Gasteiger partial charge on any atom is -0.480 e. The van der Waals surface area contributed by atoms with Crippen molar-refractivity contribution < 1.29 is 9.90 Å². The molecule has 0 aliphatic heterocycles. The van der Waals surface area contributed by atoms with Crippen molar-refractivity contribution in [1.82, 2.24) is 9.55 Å². The van der Waals surface area contributed by atoms with E-state index in [0.29, 0.717) is 12.5 Å². The minimum atomic E-state index is -1.19. The average molecular weight is 267 g/mol. The molecule has 0 atom stereocenters. The standard InChI is InChI=1S/C13H21N3O3/c1-9(2)8-16-7-6-14-10(11(16)17)15(5)13(3,4)12(18)19/h6-7,9H,8H2,1-5H3,(H,18,19). The second-order valence-electron chi connectivity index (χ2n) is 5.53. The van der Waals surface area contributed by atoms with Crippen LogP contribution in [0.1, 0.15) is 27.7 Å². The summed E-state index contributed by atoms with van der Waals surface area (Å²) in [6.07, 6.45) is 3.14. The van der Waals surface area contributed by atoms with Crippen LogP contribution >= 0.6 is 0 Å². The number of carboxylic acid groups (broad SMARTS) is 1. The molecule has 0 aliphatic rings. The summed E-state index contributed by atoms with van der Waals surface area (Å²) in [5.74, 6) is -0.531. The highest BCUT2D eigenvalue weighted by Crippen LogP contribution is 2.17. The fourth-order valence-electron chi connectivity index (χ4n) is 1.61. The van der Waals surface area contributed by atoms with Gasteiger partial charge in [-0.15, -0.1) is 0 Å². The second kappa shape index (κ2) is 5.42. The topological polar surface area (TPSA) is 75.4 Å². The van der Waals surface area contributed by atoms with Crippen LogP contribution < -0.4 is 10.5 Å². The fraction of sp³-hybridized carbons (Fsp3) is 0.615. The largest absolute Gasteiger partial charge is 0.480 e. The van der Waals surface area contributed by atoms with Crippen LogP contribution in [0.25, 0.3) is 0 Å². The third-order valence-electron chi connectivity index (χ3n) is 3.14. The molecule has 0 saturated carbocycles. The lowest BCUT2D eigenvalue weighted by Crippen LogP contribution is -2.50. The van der Waals surface area contributed by atoms with E-state index in [-0.39, 0.29) is 11.4 Å². The maximum atomic E-state index is 12.3. The summed E-state index contributed by atoms with van der Waals surface area (Å²) in [5.41, 5.74) is -1.46. The van der Waals surface area contributed by atoms with Gasteiger partial charge in [0.2, 0.25) is 0 Å². The number of nitrogens with zero attached hydrogens (tertiary/aromatic N) is 3. The van der Waals surface area contributed by atoms with Crippen LogP contribution in [0.3, 0.4) is 0 Å². The molecular weight excluding hydrogens is 246 g/mol. The van der Waals surface area contributed by atoms with Crippen molar-refractivity contribution in [3.63, 3.8) is 0 Å². The van der Waals surface area contributed by atoms with Crippen LogP contribution in [0.15, 0.2) is 17.2 Å². The van der Waals surface area contributed by atoms with Gasteiger partial charge in [-0.1, -0.05) is 13.8 Å². The summed E-state index contributed by atoms with van der Waals surface area (Å²) < 4.78 is 1.56. The zero-order valence-electron chi connectivity index (χ0n) is 12.0. The van der Waals surface area contributed by atoms with E-state index in [1.807, 2.05) is 13.8 Å². The van der Waals surface area contributed by atoms with Crippen molar-refractivity contribution >= 4 is 11.8 Å². The van der Waals surface area contributed by atoms with E-state index < -0.39 is 11.5 Å². The van der Waals surface area contributed by atoms with Crippen LogP contribution in [-0.4, -0.2) is 33.2 Å². The Kier molecular flexibility index (Phi) is 4.34. The molecule has 0 fully saturated rings. The van der Waals surface area contributed by atoms with Crippen LogP contribution in [0.4, 0.5) is 5.82 Å². The summed E-state index contributed by atoms with van der Waals surface area (Å²) in [5, 5.41) is 9.20. The van der Waals surface area contributed by atoms with Gasteiger partial charge in [0.05, 0.1) is 0 Å². The zero-order chi connectivity index (χ0) is 14.8. The molecule has 6 nitrogen and oxygen atoms in total. The third-order valence-corrected chi connectivity index (χ3v) is 3.14. The number of rotatable bonds is 5. The van der Waals surface area contributed by atoms with E-state index in [1.165, 1.54) is 24.9 Å². The minimum absolute atomic E-state index is 0.149. The van der Waals surface area contributed by atoms with Gasteiger partial charge in [0, 0.05) is 26.0 Å². The van der Waals surface area contributed by atoms with E-state index in [1.54, 1.807) is 17.8 Å². The Morgan fingerprint density at radius 3 is 2.58 bits per heavy atom. The molecule has 1 N–H and O–H groups in total. The SMILES string of the molecule is CC(C)Cn1ccnc(N(C)C(C)(C)C(=O)O)c1=O. The van der Waals surface area contributed by atoms with E-state index in [2.05, 4.69) is 4.98 Å². The molecule has 19 heavy (non-hydrogen) atoms. The monoisotopic (exact) mass is 267 g/mol. The normalized spacial score (nSPS) is 11.7. The molecule has 0 amide bonds. The van der Waals surface area contributed by atoms with Gasteiger partial charge in [-0.05, 0) is 19.8 Å². The highest BCUT2D eigenvalue weighted by molar-refractivity contribution is 5.81. The van der Waals surface area contributed by atoms with Gasteiger partial charge in [0.25, 0.3) is 5.56 Å². The van der Waals surface area contributed by atoms with Gasteiger partial charge in [-0.3, -0.25) is 4.79 Å². The molecule has 0 aliphatic carbocycles. The number of carboxylic acids is 1. The molecule has 106 valence electrons. The lowest BCUT2D eigenvalue weighted by molar-refractivity contribution is -0.142. The molecule has 0 aromatic carbocycles. The molecule has 1 aromatic rings. The average Bonchev–Trinajstić information content (AvgIpc) is 2.30. The summed E-state index contributed by atoms with van der Waals surface area (Å²) in [4.78, 5) is 28.9. The van der Waals surface area contributed by atoms with Gasteiger partial charge in [0.1, 0.15) is 5.54 Å². The van der Waals surface area contributed by atoms with Gasteiger partial charge in [0.15, 0.2) is 5.82 Å². The van der Waals surface area contributed by atoms with E-state index in [9.17, 15) is 14.7 Å². The van der Waals surface area contributed by atoms with E-state index in [4.69, 9.17) is 0 Å². The molecule has 0 unspecified atom stereocenters. The summed E-state index contributed by atoms with van der Waals surface area (Å²) in [6, 6.07) is 0. The molecule has 0 spiro atoms. The Labute approximate surface area is 112 Å². The first kappa shape index (κ1) is 15.2. The first-order chi connectivity index (χ1) is 8.67. The molecule has 6 heteroatoms. The van der Waals surface area contributed by atoms with Gasteiger partial charge in [-0.25, -0.2) is 9.78 Å². The van der Waals surface area contributed by atoms with Crippen molar-refractivity contribution in [2.45, 2.75) is 39.8 Å². The van der Waals surface area contributed by atoms with Crippen molar-refractivity contribution in [2.24, 2.45) is 5.92 Å². The van der Waals surface area contributed by atoms with Gasteiger partial charge < -0.3 is 14.6 Å². The first-order valence-electron chi connectivity index (χ1n) is 6.20. The van der Waals surface area contributed by atoms with Crippen LogP contribution in [0, 0.1) is 5.92 Å². The highest BCUT2D eigenvalue weighted by Gasteiger charge is 2.34. The van der Waals surface area contributed by atoms with Crippen molar-refractivity contribution in [3.05, 3.63) is 22.7 Å². The summed E-state index contributed by atoms with van der Waals surface area (Å²) in [6.45, 7) is 7.68. The number of aromatic nitrogens is 2. The predicted molar refractivity (Wildman–Crippen MR) is 73.5 cm³/mol. The lowest BCUT2D eigenvalue weighted by Gasteiger charge is -2.32. The van der Waals surface area contributed by atoms with Crippen molar-refractivity contribution in [1.29, 1.82) is 0 Å². The number of hydrogen-bond donors (Lipinski definition) is 1. The molecule has 1 rings (SSSR count). The number of carbonyl (C=O) groups is 1. The Hall–Kier alpha value is -1.85. The van der Waals surface area contributed by atoms with Crippen LogP contribution in [0.5, 0.6) is 0 Å². The number of likely N-dealkylation sites (N-methyl/N-ethyl adjacent to an activating group) is 1. The van der Waals surface area contributed by atoms with Crippen LogP contribution in [-0.2, 0) is 11.3 Å². The molecule has 0 saturated heterocycles. The summed E-state index contributed by atoms with van der Waals surface area (Å²) >= 11 is 0.